The summed E-state index contributed by atoms with van der Waals surface area (Å²) in [6.45, 7) is 3.73. The van der Waals surface area contributed by atoms with Gasteiger partial charge < -0.3 is 5.73 Å². The van der Waals surface area contributed by atoms with Crippen LogP contribution in [0.15, 0.2) is 12.1 Å². The van der Waals surface area contributed by atoms with Crippen LogP contribution in [-0.2, 0) is 10.0 Å². The molecular weight excluding hydrogens is 260 g/mol. The quantitative estimate of drug-likeness (QED) is 0.812. The Morgan fingerprint density at radius 3 is 2.65 bits per heavy atom. The van der Waals surface area contributed by atoms with Gasteiger partial charge in [0.25, 0.3) is 0 Å². The van der Waals surface area contributed by atoms with Crippen molar-refractivity contribution in [3.8, 4) is 0 Å². The van der Waals surface area contributed by atoms with Crippen molar-refractivity contribution < 1.29 is 8.42 Å². The molecule has 0 saturated carbocycles. The summed E-state index contributed by atoms with van der Waals surface area (Å²) in [6, 6.07) is 3.19. The number of benzene rings is 1. The van der Waals surface area contributed by atoms with E-state index in [-0.39, 0.29) is 5.75 Å². The van der Waals surface area contributed by atoms with E-state index in [1.54, 1.807) is 13.0 Å². The summed E-state index contributed by atoms with van der Waals surface area (Å²) in [6.07, 6.45) is 1.47. The van der Waals surface area contributed by atoms with Gasteiger partial charge in [0.1, 0.15) is 0 Å². The summed E-state index contributed by atoms with van der Waals surface area (Å²) >= 11 is 5.86. The van der Waals surface area contributed by atoms with Crippen molar-refractivity contribution >= 4 is 33.0 Å². The van der Waals surface area contributed by atoms with Crippen molar-refractivity contribution in [3.05, 3.63) is 22.7 Å². The summed E-state index contributed by atoms with van der Waals surface area (Å²) < 4.78 is 26.0. The summed E-state index contributed by atoms with van der Waals surface area (Å²) in [5.41, 5.74) is 7.31. The van der Waals surface area contributed by atoms with Gasteiger partial charge in [-0.05, 0) is 31.0 Å². The predicted molar refractivity (Wildman–Crippen MR) is 72.9 cm³/mol. The SMILES string of the molecule is CCCCS(=O)(=O)Nc1cc(Cl)c(N)cc1C. The Labute approximate surface area is 107 Å². The molecule has 0 aliphatic rings. The van der Waals surface area contributed by atoms with E-state index >= 15 is 0 Å². The lowest BCUT2D eigenvalue weighted by Crippen LogP contribution is -2.17. The third-order valence-electron chi connectivity index (χ3n) is 2.38. The molecule has 1 aromatic rings. The van der Waals surface area contributed by atoms with Gasteiger partial charge in [-0.25, -0.2) is 8.42 Å². The number of halogens is 1. The normalized spacial score (nSPS) is 11.5. The zero-order chi connectivity index (χ0) is 13.1. The van der Waals surface area contributed by atoms with E-state index in [4.69, 9.17) is 17.3 Å². The lowest BCUT2D eigenvalue weighted by atomic mass is 10.2. The lowest BCUT2D eigenvalue weighted by molar-refractivity contribution is 0.598. The molecule has 0 unspecified atom stereocenters. The molecule has 1 rings (SSSR count). The average Bonchev–Trinajstić information content (AvgIpc) is 2.23. The minimum atomic E-state index is -3.30. The van der Waals surface area contributed by atoms with Crippen LogP contribution in [0.5, 0.6) is 0 Å². The Morgan fingerprint density at radius 1 is 1.41 bits per heavy atom. The number of nitrogens with one attached hydrogen (secondary N) is 1. The number of anilines is 2. The number of aryl methyl sites for hydroxylation is 1. The molecule has 0 heterocycles. The van der Waals surface area contributed by atoms with Gasteiger partial charge in [-0.2, -0.15) is 0 Å². The van der Waals surface area contributed by atoms with Gasteiger partial charge >= 0.3 is 0 Å². The summed E-state index contributed by atoms with van der Waals surface area (Å²) in [4.78, 5) is 0. The topological polar surface area (TPSA) is 72.2 Å². The molecule has 0 aromatic heterocycles. The van der Waals surface area contributed by atoms with Crippen LogP contribution in [-0.4, -0.2) is 14.2 Å². The van der Waals surface area contributed by atoms with Gasteiger partial charge in [0.05, 0.1) is 22.2 Å². The maximum Gasteiger partial charge on any atom is 0.232 e. The second-order valence-electron chi connectivity index (χ2n) is 3.96. The molecule has 0 aliphatic heterocycles. The van der Waals surface area contributed by atoms with Crippen LogP contribution in [0.2, 0.25) is 5.02 Å². The lowest BCUT2D eigenvalue weighted by Gasteiger charge is -2.11. The molecule has 0 radical (unpaired) electrons. The van der Waals surface area contributed by atoms with Gasteiger partial charge in [0.15, 0.2) is 0 Å². The molecular formula is C11H17ClN2O2S. The molecule has 17 heavy (non-hydrogen) atoms. The Morgan fingerprint density at radius 2 is 2.06 bits per heavy atom. The highest BCUT2D eigenvalue weighted by Gasteiger charge is 2.12. The van der Waals surface area contributed by atoms with Crippen LogP contribution in [0.4, 0.5) is 11.4 Å². The molecule has 96 valence electrons. The van der Waals surface area contributed by atoms with E-state index < -0.39 is 10.0 Å². The Bertz CT molecular complexity index is 500. The summed E-state index contributed by atoms with van der Waals surface area (Å²) in [7, 11) is -3.30. The van der Waals surface area contributed by atoms with Gasteiger partial charge in [-0.3, -0.25) is 4.72 Å². The molecule has 3 N–H and O–H groups in total. The van der Waals surface area contributed by atoms with Gasteiger partial charge in [-0.15, -0.1) is 0 Å². The van der Waals surface area contributed by atoms with Crippen LogP contribution >= 0.6 is 11.6 Å². The molecule has 0 aliphatic carbocycles. The van der Waals surface area contributed by atoms with E-state index in [1.807, 2.05) is 6.92 Å². The zero-order valence-electron chi connectivity index (χ0n) is 9.96. The van der Waals surface area contributed by atoms with E-state index in [1.165, 1.54) is 6.07 Å². The molecule has 0 fully saturated rings. The van der Waals surface area contributed by atoms with Gasteiger partial charge in [0.2, 0.25) is 10.0 Å². The van der Waals surface area contributed by atoms with E-state index in [9.17, 15) is 8.42 Å². The van der Waals surface area contributed by atoms with Crippen molar-refractivity contribution in [2.45, 2.75) is 26.7 Å². The van der Waals surface area contributed by atoms with Crippen LogP contribution in [0.3, 0.4) is 0 Å². The zero-order valence-corrected chi connectivity index (χ0v) is 11.5. The molecule has 0 amide bonds. The van der Waals surface area contributed by atoms with Crippen molar-refractivity contribution in [2.24, 2.45) is 0 Å². The number of hydrogen-bond donors (Lipinski definition) is 2. The molecule has 0 bridgehead atoms. The minimum absolute atomic E-state index is 0.116. The van der Waals surface area contributed by atoms with Crippen molar-refractivity contribution in [2.75, 3.05) is 16.2 Å². The monoisotopic (exact) mass is 276 g/mol. The molecule has 1 aromatic carbocycles. The maximum atomic E-state index is 11.7. The number of unbranched alkanes of at least 4 members (excludes halogenated alkanes) is 1. The largest absolute Gasteiger partial charge is 0.398 e. The highest BCUT2D eigenvalue weighted by atomic mass is 35.5. The average molecular weight is 277 g/mol. The summed E-state index contributed by atoms with van der Waals surface area (Å²) in [5, 5.41) is 0.351. The van der Waals surface area contributed by atoms with E-state index in [0.29, 0.717) is 22.8 Å². The van der Waals surface area contributed by atoms with Gasteiger partial charge in [-0.1, -0.05) is 24.9 Å². The minimum Gasteiger partial charge on any atom is -0.398 e. The van der Waals surface area contributed by atoms with E-state index in [2.05, 4.69) is 4.72 Å². The molecule has 0 saturated heterocycles. The van der Waals surface area contributed by atoms with Crippen LogP contribution in [0.25, 0.3) is 0 Å². The standard InChI is InChI=1S/C11H17ClN2O2S/c1-3-4-5-17(15,16)14-11-7-9(12)10(13)6-8(11)2/h6-7,14H,3-5,13H2,1-2H3. The maximum absolute atomic E-state index is 11.7. The third kappa shape index (κ3) is 4.09. The fourth-order valence-corrected chi connectivity index (χ4v) is 2.86. The number of rotatable bonds is 5. The van der Waals surface area contributed by atoms with Crippen LogP contribution in [0.1, 0.15) is 25.3 Å². The molecule has 6 heteroatoms. The third-order valence-corrected chi connectivity index (χ3v) is 4.06. The fraction of sp³-hybridized carbons (Fsp3) is 0.455. The number of sulfonamides is 1. The smallest absolute Gasteiger partial charge is 0.232 e. The van der Waals surface area contributed by atoms with Crippen LogP contribution < -0.4 is 10.5 Å². The Hall–Kier alpha value is -0.940. The number of nitrogens with two attached hydrogens (primary N) is 1. The first kappa shape index (κ1) is 14.1. The first-order chi connectivity index (χ1) is 7.85. The Balaban J connectivity index is 2.92. The Kier molecular flexibility index (Phi) is 4.65. The second kappa shape index (κ2) is 5.60. The number of nitrogen functional groups attached to an aromatic ring is 1. The predicted octanol–water partition coefficient (Wildman–Crippen LogP) is 2.77. The van der Waals surface area contributed by atoms with E-state index in [0.717, 1.165) is 12.0 Å². The molecule has 0 atom stereocenters. The second-order valence-corrected chi connectivity index (χ2v) is 6.21. The highest BCUT2D eigenvalue weighted by Crippen LogP contribution is 2.27. The molecule has 0 spiro atoms. The fourth-order valence-electron chi connectivity index (χ4n) is 1.37. The van der Waals surface area contributed by atoms with Crippen molar-refractivity contribution in [3.63, 3.8) is 0 Å². The summed E-state index contributed by atoms with van der Waals surface area (Å²) in [5.74, 6) is 0.116. The van der Waals surface area contributed by atoms with Crippen molar-refractivity contribution in [1.29, 1.82) is 0 Å². The first-order valence-electron chi connectivity index (χ1n) is 5.42. The number of hydrogen-bond acceptors (Lipinski definition) is 3. The highest BCUT2D eigenvalue weighted by molar-refractivity contribution is 7.92. The van der Waals surface area contributed by atoms with Crippen LogP contribution in [0, 0.1) is 6.92 Å². The first-order valence-corrected chi connectivity index (χ1v) is 7.45. The molecule has 4 nitrogen and oxygen atoms in total. The van der Waals surface area contributed by atoms with Gasteiger partial charge in [0, 0.05) is 0 Å². The van der Waals surface area contributed by atoms with Crippen molar-refractivity contribution in [1.82, 2.24) is 0 Å².